The van der Waals surface area contributed by atoms with Gasteiger partial charge in [-0.3, -0.25) is 9.48 Å². The fraction of sp³-hybridized carbons (Fsp3) is 0.421. The Balaban J connectivity index is 2.17. The van der Waals surface area contributed by atoms with Crippen LogP contribution in [0.5, 0.6) is 0 Å². The van der Waals surface area contributed by atoms with E-state index in [0.717, 1.165) is 15.1 Å². The zero-order chi connectivity index (χ0) is 21.1. The van der Waals surface area contributed by atoms with Gasteiger partial charge in [-0.05, 0) is 19.4 Å². The molecule has 0 saturated heterocycles. The van der Waals surface area contributed by atoms with Gasteiger partial charge < -0.3 is 10.0 Å². The Hall–Kier alpha value is -2.84. The summed E-state index contributed by atoms with van der Waals surface area (Å²) in [5.41, 5.74) is 1.70. The maximum atomic E-state index is 12.7. The first-order chi connectivity index (χ1) is 13.0. The number of hydrogen-bond acceptors (Lipinski definition) is 3. The van der Waals surface area contributed by atoms with Gasteiger partial charge in [0.05, 0.1) is 12.1 Å². The molecule has 0 bridgehead atoms. The molecule has 1 N–H and O–H groups in total. The van der Waals surface area contributed by atoms with Crippen LogP contribution in [0, 0.1) is 13.8 Å². The number of likely N-dealkylation sites (N-methyl/N-ethyl adjacent to an activating group) is 1. The number of aromatic nitrogens is 2. The van der Waals surface area contributed by atoms with Crippen LogP contribution in [-0.2, 0) is 29.0 Å². The Kier molecular flexibility index (Phi) is 6.48. The second-order valence-electron chi connectivity index (χ2n) is 6.65. The topological polar surface area (TPSA) is 75.4 Å². The number of amides is 1. The first kappa shape index (κ1) is 21.5. The Morgan fingerprint density at radius 2 is 1.82 bits per heavy atom. The van der Waals surface area contributed by atoms with Crippen LogP contribution in [0.25, 0.3) is 0 Å². The molecule has 1 aromatic heterocycles. The number of benzene rings is 1. The number of carbonyl (C=O) groups is 2. The van der Waals surface area contributed by atoms with E-state index < -0.39 is 30.6 Å². The smallest absolute Gasteiger partial charge is 0.408 e. The lowest BCUT2D eigenvalue weighted by atomic mass is 10.0. The van der Waals surface area contributed by atoms with E-state index in [2.05, 4.69) is 5.10 Å². The lowest BCUT2D eigenvalue weighted by Crippen LogP contribution is -2.44. The summed E-state index contributed by atoms with van der Waals surface area (Å²) < 4.78 is 38.8. The van der Waals surface area contributed by atoms with Crippen molar-refractivity contribution in [2.45, 2.75) is 45.5 Å². The predicted octanol–water partition coefficient (Wildman–Crippen LogP) is 2.76. The maximum absolute atomic E-state index is 12.7. The van der Waals surface area contributed by atoms with Gasteiger partial charge in [-0.2, -0.15) is 18.3 Å². The molecule has 1 aromatic carbocycles. The second kappa shape index (κ2) is 8.45. The third-order valence-corrected chi connectivity index (χ3v) is 4.61. The average Bonchev–Trinajstić information content (AvgIpc) is 2.85. The molecule has 1 heterocycles. The van der Waals surface area contributed by atoms with Gasteiger partial charge >= 0.3 is 12.1 Å². The molecule has 1 atom stereocenters. The molecule has 6 nitrogen and oxygen atoms in total. The van der Waals surface area contributed by atoms with E-state index in [1.54, 1.807) is 30.3 Å². The summed E-state index contributed by atoms with van der Waals surface area (Å²) in [6.45, 7) is 1.75. The van der Waals surface area contributed by atoms with Gasteiger partial charge in [0.1, 0.15) is 12.6 Å². The van der Waals surface area contributed by atoms with Gasteiger partial charge in [0, 0.05) is 24.7 Å². The highest BCUT2D eigenvalue weighted by Crippen LogP contribution is 2.22. The highest BCUT2D eigenvalue weighted by Gasteiger charge is 2.31. The molecule has 152 valence electrons. The van der Waals surface area contributed by atoms with Crippen LogP contribution in [0.1, 0.15) is 22.5 Å². The van der Waals surface area contributed by atoms with Crippen molar-refractivity contribution in [3.8, 4) is 0 Å². The number of carboxylic acids is 1. The Bertz CT molecular complexity index is 847. The highest BCUT2D eigenvalue weighted by atomic mass is 19.4. The van der Waals surface area contributed by atoms with Crippen LogP contribution < -0.4 is 0 Å². The second-order valence-corrected chi connectivity index (χ2v) is 6.65. The number of nitrogens with zero attached hydrogens (tertiary/aromatic N) is 3. The van der Waals surface area contributed by atoms with Crippen LogP contribution in [-0.4, -0.2) is 50.9 Å². The first-order valence-corrected chi connectivity index (χ1v) is 8.61. The molecule has 0 saturated carbocycles. The summed E-state index contributed by atoms with van der Waals surface area (Å²) in [5, 5.41) is 13.4. The molecule has 1 unspecified atom stereocenters. The number of aryl methyl sites for hydroxylation is 1. The van der Waals surface area contributed by atoms with E-state index in [-0.39, 0.29) is 18.5 Å². The van der Waals surface area contributed by atoms with E-state index in [9.17, 15) is 27.9 Å². The average molecular weight is 397 g/mol. The van der Waals surface area contributed by atoms with Crippen molar-refractivity contribution in [3.05, 3.63) is 52.8 Å². The normalized spacial score (nSPS) is 12.6. The van der Waals surface area contributed by atoms with Gasteiger partial charge in [-0.15, -0.1) is 0 Å². The molecule has 28 heavy (non-hydrogen) atoms. The summed E-state index contributed by atoms with van der Waals surface area (Å²) in [5.74, 6) is -1.65. The van der Waals surface area contributed by atoms with E-state index >= 15 is 0 Å². The van der Waals surface area contributed by atoms with Crippen molar-refractivity contribution in [2.24, 2.45) is 0 Å². The van der Waals surface area contributed by atoms with Gasteiger partial charge in [0.25, 0.3) is 0 Å². The molecular formula is C19H22F3N3O3. The molecule has 9 heteroatoms. The molecule has 2 rings (SSSR count). The Morgan fingerprint density at radius 1 is 1.21 bits per heavy atom. The van der Waals surface area contributed by atoms with E-state index in [4.69, 9.17) is 0 Å². The van der Waals surface area contributed by atoms with Crippen molar-refractivity contribution in [1.82, 2.24) is 14.7 Å². The number of rotatable bonds is 7. The van der Waals surface area contributed by atoms with Crippen molar-refractivity contribution < 1.29 is 27.9 Å². The first-order valence-electron chi connectivity index (χ1n) is 8.61. The zero-order valence-electron chi connectivity index (χ0n) is 15.8. The van der Waals surface area contributed by atoms with Crippen LogP contribution >= 0.6 is 0 Å². The summed E-state index contributed by atoms with van der Waals surface area (Å²) >= 11 is 0. The summed E-state index contributed by atoms with van der Waals surface area (Å²) in [7, 11) is 1.38. The summed E-state index contributed by atoms with van der Waals surface area (Å²) in [6, 6.07) is 7.81. The van der Waals surface area contributed by atoms with Gasteiger partial charge in [-0.25, -0.2) is 4.79 Å². The molecule has 2 aromatic rings. The number of aliphatic carboxylic acids is 1. The van der Waals surface area contributed by atoms with E-state index in [1.807, 2.05) is 0 Å². The molecule has 1 amide bonds. The number of carboxylic acid groups (broad SMARTS) is 1. The molecule has 0 aliphatic heterocycles. The number of halogens is 3. The fourth-order valence-electron chi connectivity index (χ4n) is 2.99. The SMILES string of the molecule is Cc1nn(CC(F)(F)F)c(C)c1CC(=O)N(C)C(Cc1ccccc1)C(=O)O. The Labute approximate surface area is 160 Å². The zero-order valence-corrected chi connectivity index (χ0v) is 15.8. The van der Waals surface area contributed by atoms with Crippen molar-refractivity contribution in [3.63, 3.8) is 0 Å². The summed E-state index contributed by atoms with van der Waals surface area (Å²) in [6.07, 6.45) is -4.51. The fourth-order valence-corrected chi connectivity index (χ4v) is 2.99. The van der Waals surface area contributed by atoms with Crippen molar-refractivity contribution >= 4 is 11.9 Å². The van der Waals surface area contributed by atoms with Crippen LogP contribution in [0.2, 0.25) is 0 Å². The lowest BCUT2D eigenvalue weighted by molar-refractivity contribution is -0.148. The summed E-state index contributed by atoms with van der Waals surface area (Å²) in [4.78, 5) is 25.4. The number of carbonyl (C=O) groups excluding carboxylic acids is 1. The van der Waals surface area contributed by atoms with E-state index in [0.29, 0.717) is 11.3 Å². The van der Waals surface area contributed by atoms with Gasteiger partial charge in [0.15, 0.2) is 0 Å². The largest absolute Gasteiger partial charge is 0.480 e. The molecule has 0 fully saturated rings. The minimum atomic E-state index is -4.43. The van der Waals surface area contributed by atoms with Crippen LogP contribution in [0.15, 0.2) is 30.3 Å². The minimum Gasteiger partial charge on any atom is -0.480 e. The van der Waals surface area contributed by atoms with Gasteiger partial charge in [-0.1, -0.05) is 30.3 Å². The standard InChI is InChI=1S/C19H22F3N3O3/c1-12-15(13(2)25(23-12)11-19(20,21)22)10-17(26)24(3)16(18(27)28)9-14-7-5-4-6-8-14/h4-8,16H,9-11H2,1-3H3,(H,27,28). The molecule has 0 radical (unpaired) electrons. The number of alkyl halides is 3. The maximum Gasteiger partial charge on any atom is 0.408 e. The minimum absolute atomic E-state index is 0.129. The molecular weight excluding hydrogens is 375 g/mol. The number of hydrogen-bond donors (Lipinski definition) is 1. The van der Waals surface area contributed by atoms with Gasteiger partial charge in [0.2, 0.25) is 5.91 Å². The monoisotopic (exact) mass is 397 g/mol. The molecule has 0 spiro atoms. The quantitative estimate of drug-likeness (QED) is 0.780. The third kappa shape index (κ3) is 5.34. The Morgan fingerprint density at radius 3 is 2.36 bits per heavy atom. The van der Waals surface area contributed by atoms with Crippen molar-refractivity contribution in [2.75, 3.05) is 7.05 Å². The van der Waals surface area contributed by atoms with Crippen molar-refractivity contribution in [1.29, 1.82) is 0 Å². The molecule has 0 aliphatic carbocycles. The lowest BCUT2D eigenvalue weighted by Gasteiger charge is -2.25. The highest BCUT2D eigenvalue weighted by molar-refractivity contribution is 5.85. The van der Waals surface area contributed by atoms with E-state index in [1.165, 1.54) is 20.9 Å². The van der Waals surface area contributed by atoms with Crippen LogP contribution in [0.4, 0.5) is 13.2 Å². The third-order valence-electron chi connectivity index (χ3n) is 4.61. The predicted molar refractivity (Wildman–Crippen MR) is 95.8 cm³/mol. The van der Waals surface area contributed by atoms with Crippen LogP contribution in [0.3, 0.4) is 0 Å². The molecule has 0 aliphatic rings.